The third-order valence-corrected chi connectivity index (χ3v) is 11.8. The summed E-state index contributed by atoms with van der Waals surface area (Å²) in [5.41, 5.74) is 11.8. The van der Waals surface area contributed by atoms with E-state index in [-0.39, 0.29) is 0 Å². The molecule has 12 rings (SSSR count). The van der Waals surface area contributed by atoms with Crippen LogP contribution in [0.4, 0.5) is 0 Å². The van der Waals surface area contributed by atoms with Crippen molar-refractivity contribution in [1.29, 1.82) is 0 Å². The summed E-state index contributed by atoms with van der Waals surface area (Å²) in [6, 6.07) is 66.7. The van der Waals surface area contributed by atoms with Crippen LogP contribution in [0.15, 0.2) is 205 Å². The van der Waals surface area contributed by atoms with E-state index in [2.05, 4.69) is 162 Å². The highest BCUT2D eigenvalue weighted by Gasteiger charge is 2.17. The fourth-order valence-corrected chi connectivity index (χ4v) is 8.93. The van der Waals surface area contributed by atoms with Crippen molar-refractivity contribution in [3.63, 3.8) is 0 Å². The normalized spacial score (nSPS) is 11.7. The van der Waals surface area contributed by atoms with Crippen molar-refractivity contribution in [3.05, 3.63) is 200 Å². The monoisotopic (exact) mass is 751 g/mol. The minimum absolute atomic E-state index is 0.807. The SMILES string of the molecule is c1ccc(-c2cc(-c3ccc(-c4cc5c6ccc(-c7ccc8c9ccccc9c9ccccc9c8c7)cc6oc5c5ccccc45)cc3)cc(-c3ccccn3)n2)nc1. The van der Waals surface area contributed by atoms with Gasteiger partial charge >= 0.3 is 0 Å². The number of furan rings is 1. The first-order valence-electron chi connectivity index (χ1n) is 19.9. The summed E-state index contributed by atoms with van der Waals surface area (Å²) in [5.74, 6) is 0. The molecule has 274 valence electrons. The Kier molecular flexibility index (Phi) is 7.50. The van der Waals surface area contributed by atoms with Crippen LogP contribution in [0.25, 0.3) is 121 Å². The predicted molar refractivity (Wildman–Crippen MR) is 244 cm³/mol. The van der Waals surface area contributed by atoms with E-state index in [1.54, 1.807) is 12.4 Å². The lowest BCUT2D eigenvalue weighted by molar-refractivity contribution is 0.673. The van der Waals surface area contributed by atoms with Gasteiger partial charge in [-0.2, -0.15) is 0 Å². The summed E-state index contributed by atoms with van der Waals surface area (Å²) in [6.45, 7) is 0. The van der Waals surface area contributed by atoms with E-state index in [0.717, 1.165) is 83.3 Å². The maximum atomic E-state index is 6.79. The van der Waals surface area contributed by atoms with Crippen LogP contribution in [0, 0.1) is 0 Å². The highest BCUT2D eigenvalue weighted by Crippen LogP contribution is 2.42. The lowest BCUT2D eigenvalue weighted by atomic mass is 9.92. The van der Waals surface area contributed by atoms with Crippen molar-refractivity contribution in [2.75, 3.05) is 0 Å². The number of rotatable bonds is 5. The number of pyridine rings is 3. The number of hydrogen-bond acceptors (Lipinski definition) is 4. The standard InChI is InChI=1S/C55H33N3O/c1-2-13-41-39(11-1)40-12-3-4-14-42(40)48-29-36(23-25-44(41)48)37-24-26-45-49-33-47(43-15-5-6-16-46(43)55(49)59-54(45)32-37)35-21-19-34(20-22-35)38-30-52(50-17-7-9-27-56-50)58-53(31-38)51-18-8-10-28-57-51/h1-33H. The molecule has 59 heavy (non-hydrogen) atoms. The van der Waals surface area contributed by atoms with E-state index >= 15 is 0 Å². The summed E-state index contributed by atoms with van der Waals surface area (Å²) in [5, 5.41) is 12.1. The van der Waals surface area contributed by atoms with Gasteiger partial charge in [0.15, 0.2) is 0 Å². The van der Waals surface area contributed by atoms with Crippen LogP contribution in [-0.2, 0) is 0 Å². The molecule has 0 bridgehead atoms. The van der Waals surface area contributed by atoms with Gasteiger partial charge in [0.2, 0.25) is 0 Å². The molecular formula is C55H33N3O. The first-order valence-corrected chi connectivity index (χ1v) is 19.9. The molecule has 0 N–H and O–H groups in total. The maximum Gasteiger partial charge on any atom is 0.143 e. The van der Waals surface area contributed by atoms with E-state index < -0.39 is 0 Å². The average molecular weight is 752 g/mol. The second kappa shape index (κ2) is 13.3. The minimum atomic E-state index is 0.807. The zero-order valence-corrected chi connectivity index (χ0v) is 31.8. The van der Waals surface area contributed by atoms with Crippen LogP contribution < -0.4 is 0 Å². The summed E-state index contributed by atoms with van der Waals surface area (Å²) < 4.78 is 6.79. The lowest BCUT2D eigenvalue weighted by Crippen LogP contribution is -1.94. The van der Waals surface area contributed by atoms with Gasteiger partial charge in [-0.15, -0.1) is 0 Å². The molecular weight excluding hydrogens is 719 g/mol. The quantitative estimate of drug-likeness (QED) is 0.164. The Hall–Kier alpha value is -7.95. The highest BCUT2D eigenvalue weighted by atomic mass is 16.3. The molecule has 0 amide bonds. The Balaban J connectivity index is 0.961. The first kappa shape index (κ1) is 33.2. The molecule has 0 saturated heterocycles. The smallest absolute Gasteiger partial charge is 0.143 e. The van der Waals surface area contributed by atoms with E-state index in [9.17, 15) is 0 Å². The van der Waals surface area contributed by atoms with E-state index in [1.807, 2.05) is 36.4 Å². The topological polar surface area (TPSA) is 51.8 Å². The summed E-state index contributed by atoms with van der Waals surface area (Å²) in [7, 11) is 0. The Morgan fingerprint density at radius 3 is 1.39 bits per heavy atom. The number of hydrogen-bond donors (Lipinski definition) is 0. The Morgan fingerprint density at radius 2 is 0.780 bits per heavy atom. The number of fused-ring (bicyclic) bond motifs is 11. The van der Waals surface area contributed by atoms with Crippen LogP contribution in [-0.4, -0.2) is 15.0 Å². The van der Waals surface area contributed by atoms with Gasteiger partial charge in [-0.1, -0.05) is 127 Å². The van der Waals surface area contributed by atoms with Crippen LogP contribution in [0.5, 0.6) is 0 Å². The molecule has 0 radical (unpaired) electrons. The maximum absolute atomic E-state index is 6.79. The predicted octanol–water partition coefficient (Wildman–Crippen LogP) is 14.7. The largest absolute Gasteiger partial charge is 0.455 e. The molecule has 4 heterocycles. The zero-order valence-electron chi connectivity index (χ0n) is 31.8. The number of benzene rings is 8. The molecule has 0 spiro atoms. The van der Waals surface area contributed by atoms with Crippen molar-refractivity contribution in [2.24, 2.45) is 0 Å². The van der Waals surface area contributed by atoms with Gasteiger partial charge in [-0.3, -0.25) is 9.97 Å². The van der Waals surface area contributed by atoms with E-state index in [4.69, 9.17) is 9.40 Å². The van der Waals surface area contributed by atoms with Gasteiger partial charge in [-0.25, -0.2) is 4.98 Å². The zero-order chi connectivity index (χ0) is 38.9. The molecule has 8 aromatic carbocycles. The first-order chi connectivity index (χ1) is 29.2. The fraction of sp³-hybridized carbons (Fsp3) is 0. The van der Waals surface area contributed by atoms with Gasteiger partial charge in [0.05, 0.1) is 22.8 Å². The average Bonchev–Trinajstić information content (AvgIpc) is 3.70. The van der Waals surface area contributed by atoms with Gasteiger partial charge in [0.1, 0.15) is 11.2 Å². The van der Waals surface area contributed by atoms with Gasteiger partial charge in [-0.05, 0) is 132 Å². The van der Waals surface area contributed by atoms with Gasteiger partial charge < -0.3 is 4.42 Å². The molecule has 0 aliphatic heterocycles. The van der Waals surface area contributed by atoms with Crippen LogP contribution in [0.1, 0.15) is 0 Å². The Labute approximate surface area is 339 Å². The van der Waals surface area contributed by atoms with Crippen molar-refractivity contribution < 1.29 is 4.42 Å². The second-order valence-electron chi connectivity index (χ2n) is 15.1. The Morgan fingerprint density at radius 1 is 0.288 bits per heavy atom. The third kappa shape index (κ3) is 5.49. The van der Waals surface area contributed by atoms with Crippen molar-refractivity contribution in [1.82, 2.24) is 15.0 Å². The summed E-state index contributed by atoms with van der Waals surface area (Å²) in [6.07, 6.45) is 3.60. The summed E-state index contributed by atoms with van der Waals surface area (Å²) >= 11 is 0. The van der Waals surface area contributed by atoms with Gasteiger partial charge in [0.25, 0.3) is 0 Å². The number of nitrogens with zero attached hydrogens (tertiary/aromatic N) is 3. The molecule has 0 saturated carbocycles. The second-order valence-corrected chi connectivity index (χ2v) is 15.1. The molecule has 0 aliphatic carbocycles. The van der Waals surface area contributed by atoms with Crippen molar-refractivity contribution in [2.45, 2.75) is 0 Å². The highest BCUT2D eigenvalue weighted by molar-refractivity contribution is 6.26. The van der Waals surface area contributed by atoms with Crippen molar-refractivity contribution in [3.8, 4) is 56.2 Å². The molecule has 4 nitrogen and oxygen atoms in total. The molecule has 12 aromatic rings. The van der Waals surface area contributed by atoms with Crippen LogP contribution in [0.3, 0.4) is 0 Å². The van der Waals surface area contributed by atoms with E-state index in [1.165, 1.54) is 37.9 Å². The molecule has 0 atom stereocenters. The summed E-state index contributed by atoms with van der Waals surface area (Å²) in [4.78, 5) is 14.2. The molecule has 4 aromatic heterocycles. The van der Waals surface area contributed by atoms with Crippen LogP contribution in [0.2, 0.25) is 0 Å². The van der Waals surface area contributed by atoms with Gasteiger partial charge in [0, 0.05) is 28.6 Å². The third-order valence-electron chi connectivity index (χ3n) is 11.8. The fourth-order valence-electron chi connectivity index (χ4n) is 8.93. The van der Waals surface area contributed by atoms with Crippen molar-refractivity contribution >= 4 is 65.0 Å². The molecule has 0 aliphatic rings. The lowest BCUT2D eigenvalue weighted by Gasteiger charge is -2.12. The Bertz CT molecular complexity index is 3500. The van der Waals surface area contributed by atoms with E-state index in [0.29, 0.717) is 0 Å². The van der Waals surface area contributed by atoms with Crippen LogP contribution >= 0.6 is 0 Å². The minimum Gasteiger partial charge on any atom is -0.455 e. The molecule has 0 unspecified atom stereocenters. The molecule has 4 heteroatoms. The molecule has 0 fully saturated rings. The number of aromatic nitrogens is 3.